The zero-order valence-electron chi connectivity index (χ0n) is 22.7. The quantitative estimate of drug-likeness (QED) is 0.192. The van der Waals surface area contributed by atoms with Crippen LogP contribution in [0.2, 0.25) is 0 Å². The second-order valence-electron chi connectivity index (χ2n) is 8.67. The molecule has 0 unspecified atom stereocenters. The summed E-state index contributed by atoms with van der Waals surface area (Å²) in [6.45, 7) is 12.4. The maximum absolute atomic E-state index is 12.0. The van der Waals surface area contributed by atoms with Crippen LogP contribution in [0.4, 0.5) is 11.4 Å². The van der Waals surface area contributed by atoms with E-state index in [4.69, 9.17) is 0 Å². The fourth-order valence-corrected chi connectivity index (χ4v) is 3.94. The van der Waals surface area contributed by atoms with Crippen LogP contribution in [0.3, 0.4) is 0 Å². The van der Waals surface area contributed by atoms with Crippen molar-refractivity contribution in [3.8, 4) is 0 Å². The van der Waals surface area contributed by atoms with Crippen LogP contribution >= 0.6 is 0 Å². The van der Waals surface area contributed by atoms with Gasteiger partial charge in [-0.1, -0.05) is 30.7 Å². The van der Waals surface area contributed by atoms with E-state index in [0.29, 0.717) is 25.7 Å². The van der Waals surface area contributed by atoms with Crippen LogP contribution in [0.25, 0.3) is 0 Å². The van der Waals surface area contributed by atoms with Gasteiger partial charge < -0.3 is 9.80 Å². The SMILES string of the molecule is CCN(CC)c1ccc(C=NNC(=O)CCCCCC(=O)NN=Cc2ccc(N(CC)CC)cc2)cc1. The van der Waals surface area contributed by atoms with Gasteiger partial charge in [0, 0.05) is 50.4 Å². The lowest BCUT2D eigenvalue weighted by atomic mass is 10.1. The van der Waals surface area contributed by atoms with Crippen molar-refractivity contribution in [1.29, 1.82) is 0 Å². The second kappa shape index (κ2) is 16.9. The fourth-order valence-electron chi connectivity index (χ4n) is 3.94. The number of carbonyl (C=O) groups is 2. The summed E-state index contributed by atoms with van der Waals surface area (Å²) in [6, 6.07) is 16.2. The zero-order chi connectivity index (χ0) is 26.9. The molecule has 8 heteroatoms. The average molecular weight is 507 g/mol. The first-order valence-corrected chi connectivity index (χ1v) is 13.3. The van der Waals surface area contributed by atoms with Crippen molar-refractivity contribution in [3.05, 3.63) is 59.7 Å². The molecule has 0 heterocycles. The Balaban J connectivity index is 1.58. The van der Waals surface area contributed by atoms with Crippen molar-refractivity contribution in [2.45, 2.75) is 59.8 Å². The Morgan fingerprint density at radius 1 is 0.622 bits per heavy atom. The van der Waals surface area contributed by atoms with Crippen LogP contribution in [0.1, 0.15) is 70.9 Å². The highest BCUT2D eigenvalue weighted by molar-refractivity contribution is 5.83. The third-order valence-corrected chi connectivity index (χ3v) is 6.16. The summed E-state index contributed by atoms with van der Waals surface area (Å²) < 4.78 is 0. The van der Waals surface area contributed by atoms with Gasteiger partial charge in [-0.05, 0) is 75.9 Å². The Kier molecular flexibility index (Phi) is 13.5. The Bertz CT molecular complexity index is 913. The minimum absolute atomic E-state index is 0.128. The van der Waals surface area contributed by atoms with E-state index in [0.717, 1.165) is 43.7 Å². The van der Waals surface area contributed by atoms with E-state index in [-0.39, 0.29) is 11.8 Å². The molecule has 2 amide bonds. The van der Waals surface area contributed by atoms with Crippen molar-refractivity contribution < 1.29 is 9.59 Å². The van der Waals surface area contributed by atoms with Gasteiger partial charge in [0.05, 0.1) is 12.4 Å². The number of hydrogen-bond donors (Lipinski definition) is 2. The summed E-state index contributed by atoms with van der Waals surface area (Å²) >= 11 is 0. The minimum atomic E-state index is -0.128. The van der Waals surface area contributed by atoms with Crippen LogP contribution in [-0.4, -0.2) is 50.4 Å². The Hall–Kier alpha value is -3.68. The standard InChI is InChI=1S/C29H42N6O2/c1-5-34(6-2)26-18-14-24(15-19-26)22-30-32-28(36)12-10-9-11-13-29(37)33-31-23-25-16-20-27(21-17-25)35(7-3)8-4/h14-23H,5-13H2,1-4H3,(H,32,36)(H,33,37). The number of unbranched alkanes of at least 4 members (excludes halogenated alkanes) is 2. The predicted octanol–water partition coefficient (Wildman–Crippen LogP) is 4.93. The van der Waals surface area contributed by atoms with Gasteiger partial charge in [0.15, 0.2) is 0 Å². The van der Waals surface area contributed by atoms with E-state index in [9.17, 15) is 9.59 Å². The number of hydrazone groups is 2. The van der Waals surface area contributed by atoms with Crippen molar-refractivity contribution in [2.75, 3.05) is 36.0 Å². The second-order valence-corrected chi connectivity index (χ2v) is 8.67. The molecule has 8 nitrogen and oxygen atoms in total. The average Bonchev–Trinajstić information content (AvgIpc) is 2.91. The molecular formula is C29H42N6O2. The van der Waals surface area contributed by atoms with Gasteiger partial charge in [-0.25, -0.2) is 10.9 Å². The van der Waals surface area contributed by atoms with E-state index < -0.39 is 0 Å². The zero-order valence-corrected chi connectivity index (χ0v) is 22.7. The largest absolute Gasteiger partial charge is 0.372 e. The molecule has 0 aliphatic rings. The lowest BCUT2D eigenvalue weighted by Crippen LogP contribution is -2.21. The lowest BCUT2D eigenvalue weighted by Gasteiger charge is -2.20. The highest BCUT2D eigenvalue weighted by Crippen LogP contribution is 2.15. The lowest BCUT2D eigenvalue weighted by molar-refractivity contribution is -0.121. The maximum Gasteiger partial charge on any atom is 0.240 e. The van der Waals surface area contributed by atoms with E-state index in [1.807, 2.05) is 24.3 Å². The van der Waals surface area contributed by atoms with Gasteiger partial charge in [0.1, 0.15) is 0 Å². The van der Waals surface area contributed by atoms with Crippen LogP contribution in [0, 0.1) is 0 Å². The first-order valence-electron chi connectivity index (χ1n) is 13.3. The van der Waals surface area contributed by atoms with Gasteiger partial charge in [0.2, 0.25) is 11.8 Å². The molecule has 0 aliphatic heterocycles. The molecule has 2 aromatic rings. The molecule has 2 rings (SSSR count). The van der Waals surface area contributed by atoms with Crippen LogP contribution in [0.15, 0.2) is 58.7 Å². The van der Waals surface area contributed by atoms with Gasteiger partial charge in [-0.15, -0.1) is 0 Å². The van der Waals surface area contributed by atoms with Gasteiger partial charge in [-0.2, -0.15) is 10.2 Å². The predicted molar refractivity (Wildman–Crippen MR) is 155 cm³/mol. The molecule has 0 aliphatic carbocycles. The van der Waals surface area contributed by atoms with Crippen LogP contribution in [-0.2, 0) is 9.59 Å². The number of anilines is 2. The number of nitrogens with zero attached hydrogens (tertiary/aromatic N) is 4. The van der Waals surface area contributed by atoms with Gasteiger partial charge in [0.25, 0.3) is 0 Å². The molecule has 37 heavy (non-hydrogen) atoms. The number of nitrogens with one attached hydrogen (secondary N) is 2. The molecule has 2 aromatic carbocycles. The highest BCUT2D eigenvalue weighted by atomic mass is 16.2. The van der Waals surface area contributed by atoms with E-state index >= 15 is 0 Å². The van der Waals surface area contributed by atoms with Crippen molar-refractivity contribution in [2.24, 2.45) is 10.2 Å². The van der Waals surface area contributed by atoms with E-state index in [2.05, 4.69) is 82.8 Å². The molecule has 2 N–H and O–H groups in total. The van der Waals surface area contributed by atoms with Crippen molar-refractivity contribution in [3.63, 3.8) is 0 Å². The first kappa shape index (κ1) is 29.5. The summed E-state index contributed by atoms with van der Waals surface area (Å²) in [5, 5.41) is 8.09. The molecule has 0 saturated heterocycles. The fraction of sp³-hybridized carbons (Fsp3) is 0.448. The van der Waals surface area contributed by atoms with Crippen LogP contribution in [0.5, 0.6) is 0 Å². The van der Waals surface area contributed by atoms with E-state index in [1.54, 1.807) is 12.4 Å². The Morgan fingerprint density at radius 2 is 0.973 bits per heavy atom. The topological polar surface area (TPSA) is 89.4 Å². The molecule has 0 bridgehead atoms. The Morgan fingerprint density at radius 3 is 1.30 bits per heavy atom. The smallest absolute Gasteiger partial charge is 0.240 e. The third kappa shape index (κ3) is 10.9. The Labute approximate surface area is 221 Å². The molecule has 0 spiro atoms. The summed E-state index contributed by atoms with van der Waals surface area (Å²) in [6.07, 6.45) is 6.24. The van der Waals surface area contributed by atoms with Crippen LogP contribution < -0.4 is 20.7 Å². The summed E-state index contributed by atoms with van der Waals surface area (Å²) in [5.41, 5.74) is 9.35. The number of amides is 2. The highest BCUT2D eigenvalue weighted by Gasteiger charge is 2.04. The number of rotatable bonds is 16. The van der Waals surface area contributed by atoms with Gasteiger partial charge in [-0.3, -0.25) is 9.59 Å². The van der Waals surface area contributed by atoms with Gasteiger partial charge >= 0.3 is 0 Å². The summed E-state index contributed by atoms with van der Waals surface area (Å²) in [5.74, 6) is -0.255. The molecule has 200 valence electrons. The molecule has 0 radical (unpaired) electrons. The first-order chi connectivity index (χ1) is 18.0. The monoisotopic (exact) mass is 506 g/mol. The molecule has 0 fully saturated rings. The molecule has 0 atom stereocenters. The maximum atomic E-state index is 12.0. The summed E-state index contributed by atoms with van der Waals surface area (Å²) in [7, 11) is 0. The normalized spacial score (nSPS) is 11.1. The molecule has 0 saturated carbocycles. The van der Waals surface area contributed by atoms with E-state index in [1.165, 1.54) is 11.4 Å². The third-order valence-electron chi connectivity index (χ3n) is 6.16. The molecular weight excluding hydrogens is 464 g/mol. The molecule has 0 aromatic heterocycles. The van der Waals surface area contributed by atoms with Crippen molar-refractivity contribution >= 4 is 35.6 Å². The van der Waals surface area contributed by atoms with Crippen molar-refractivity contribution in [1.82, 2.24) is 10.9 Å². The minimum Gasteiger partial charge on any atom is -0.372 e. The summed E-state index contributed by atoms with van der Waals surface area (Å²) in [4.78, 5) is 28.5. The number of benzene rings is 2. The number of carbonyl (C=O) groups excluding carboxylic acids is 2. The number of hydrogen-bond acceptors (Lipinski definition) is 6.